The molecule has 2 nitrogen and oxygen atoms in total. The molecule has 0 bridgehead atoms. The summed E-state index contributed by atoms with van der Waals surface area (Å²) in [5.74, 6) is 5.23. The van der Waals surface area contributed by atoms with Crippen LogP contribution in [0.4, 0.5) is 0 Å². The van der Waals surface area contributed by atoms with Crippen LogP contribution in [0.25, 0.3) is 0 Å². The maximum atomic E-state index is 5.23. The van der Waals surface area contributed by atoms with Gasteiger partial charge in [0.25, 0.3) is 0 Å². The Bertz CT molecular complexity index is 310. The van der Waals surface area contributed by atoms with Crippen LogP contribution in [0.15, 0.2) is 22.7 Å². The average Bonchev–Trinajstić information content (AvgIpc) is 2.03. The molecule has 0 spiro atoms. The van der Waals surface area contributed by atoms with Crippen molar-refractivity contribution >= 4 is 15.9 Å². The highest BCUT2D eigenvalue weighted by molar-refractivity contribution is 9.10. The third-order valence-electron chi connectivity index (χ3n) is 2.13. The molecule has 3 heteroatoms. The largest absolute Gasteiger partial charge is 0.294 e. The van der Waals surface area contributed by atoms with Crippen molar-refractivity contribution in [1.29, 1.82) is 0 Å². The van der Waals surface area contributed by atoms with Crippen LogP contribution in [0.1, 0.15) is 25.0 Å². The molecule has 0 unspecified atom stereocenters. The number of nitrogens with two attached hydrogens (primary N) is 1. The zero-order valence-electron chi connectivity index (χ0n) is 8.10. The summed E-state index contributed by atoms with van der Waals surface area (Å²) in [5.41, 5.74) is 1.85. The lowest BCUT2D eigenvalue weighted by atomic mass is 9.94. The van der Waals surface area contributed by atoms with Gasteiger partial charge in [-0.2, -0.15) is 0 Å². The highest BCUT2D eigenvalue weighted by atomic mass is 79.9. The number of hydrogen-bond acceptors (Lipinski definition) is 2. The topological polar surface area (TPSA) is 35.2 Å². The molecule has 0 saturated carbocycles. The molecule has 0 aromatic heterocycles. The molecular weight excluding hydrogens is 230 g/mol. The second-order valence-corrected chi connectivity index (χ2v) is 4.50. The van der Waals surface area contributed by atoms with Gasteiger partial charge in [0, 0.05) is 4.47 Å². The van der Waals surface area contributed by atoms with Crippen LogP contribution in [0.3, 0.4) is 0 Å². The summed E-state index contributed by atoms with van der Waals surface area (Å²) in [4.78, 5) is 4.93. The standard InChI is InChI=1S/C10H14BrNO/c1-7-6-8(11)4-5-9(7)10(2,3)13-12/h4-6H,12H2,1-3H3. The summed E-state index contributed by atoms with van der Waals surface area (Å²) in [7, 11) is 0. The lowest BCUT2D eigenvalue weighted by Gasteiger charge is -2.24. The smallest absolute Gasteiger partial charge is 0.109 e. The highest BCUT2D eigenvalue weighted by Crippen LogP contribution is 2.27. The Balaban J connectivity index is 3.16. The quantitative estimate of drug-likeness (QED) is 0.812. The second kappa shape index (κ2) is 3.78. The van der Waals surface area contributed by atoms with Crippen molar-refractivity contribution in [1.82, 2.24) is 0 Å². The van der Waals surface area contributed by atoms with Crippen LogP contribution < -0.4 is 5.90 Å². The van der Waals surface area contributed by atoms with Crippen molar-refractivity contribution < 1.29 is 4.84 Å². The third kappa shape index (κ3) is 2.30. The summed E-state index contributed by atoms with van der Waals surface area (Å²) in [6.07, 6.45) is 0. The van der Waals surface area contributed by atoms with E-state index in [0.717, 1.165) is 10.0 Å². The maximum absolute atomic E-state index is 5.23. The van der Waals surface area contributed by atoms with E-state index in [4.69, 9.17) is 10.7 Å². The molecule has 0 fully saturated rings. The van der Waals surface area contributed by atoms with Crippen molar-refractivity contribution in [2.24, 2.45) is 5.90 Å². The van der Waals surface area contributed by atoms with Gasteiger partial charge < -0.3 is 0 Å². The molecule has 0 amide bonds. The van der Waals surface area contributed by atoms with Gasteiger partial charge >= 0.3 is 0 Å². The van der Waals surface area contributed by atoms with Gasteiger partial charge in [-0.3, -0.25) is 4.84 Å². The monoisotopic (exact) mass is 243 g/mol. The van der Waals surface area contributed by atoms with Crippen LogP contribution in [0.5, 0.6) is 0 Å². The van der Waals surface area contributed by atoms with E-state index in [1.807, 2.05) is 32.9 Å². The SMILES string of the molecule is Cc1cc(Br)ccc1C(C)(C)ON. The number of aryl methyl sites for hydroxylation is 1. The van der Waals surface area contributed by atoms with E-state index in [1.165, 1.54) is 5.56 Å². The lowest BCUT2D eigenvalue weighted by molar-refractivity contribution is -0.0240. The van der Waals surface area contributed by atoms with Crippen LogP contribution in [-0.4, -0.2) is 0 Å². The second-order valence-electron chi connectivity index (χ2n) is 3.59. The number of halogens is 1. The Morgan fingerprint density at radius 1 is 1.38 bits per heavy atom. The van der Waals surface area contributed by atoms with Gasteiger partial charge in [0.05, 0.1) is 0 Å². The number of rotatable bonds is 2. The van der Waals surface area contributed by atoms with Crippen molar-refractivity contribution in [3.8, 4) is 0 Å². The van der Waals surface area contributed by atoms with Gasteiger partial charge in [0.1, 0.15) is 5.60 Å². The predicted molar refractivity (Wildman–Crippen MR) is 57.2 cm³/mol. The zero-order valence-corrected chi connectivity index (χ0v) is 9.68. The number of hydrogen-bond donors (Lipinski definition) is 1. The summed E-state index contributed by atoms with van der Waals surface area (Å²) >= 11 is 3.41. The fraction of sp³-hybridized carbons (Fsp3) is 0.400. The van der Waals surface area contributed by atoms with Gasteiger partial charge in [-0.25, -0.2) is 5.90 Å². The Hall–Kier alpha value is -0.380. The van der Waals surface area contributed by atoms with E-state index in [1.54, 1.807) is 0 Å². The van der Waals surface area contributed by atoms with Gasteiger partial charge in [-0.15, -0.1) is 0 Å². The molecule has 1 aromatic carbocycles. The van der Waals surface area contributed by atoms with Gasteiger partial charge in [-0.1, -0.05) is 22.0 Å². The molecule has 0 atom stereocenters. The first-order valence-corrected chi connectivity index (χ1v) is 4.91. The minimum absolute atomic E-state index is 0.426. The van der Waals surface area contributed by atoms with E-state index in [2.05, 4.69) is 22.0 Å². The van der Waals surface area contributed by atoms with Crippen LogP contribution in [-0.2, 0) is 10.4 Å². The summed E-state index contributed by atoms with van der Waals surface area (Å²) < 4.78 is 1.07. The normalized spacial score (nSPS) is 11.8. The highest BCUT2D eigenvalue weighted by Gasteiger charge is 2.22. The summed E-state index contributed by atoms with van der Waals surface area (Å²) in [6.45, 7) is 5.94. The minimum Gasteiger partial charge on any atom is -0.294 e. The summed E-state index contributed by atoms with van der Waals surface area (Å²) in [5, 5.41) is 0. The molecule has 1 rings (SSSR count). The molecule has 2 N–H and O–H groups in total. The molecule has 0 aliphatic heterocycles. The minimum atomic E-state index is -0.426. The van der Waals surface area contributed by atoms with E-state index in [0.29, 0.717) is 0 Å². The molecule has 0 heterocycles. The zero-order chi connectivity index (χ0) is 10.1. The molecule has 72 valence electrons. The number of benzene rings is 1. The van der Waals surface area contributed by atoms with Gasteiger partial charge in [-0.05, 0) is 44.0 Å². The van der Waals surface area contributed by atoms with Crippen LogP contribution >= 0.6 is 15.9 Å². The van der Waals surface area contributed by atoms with E-state index in [-0.39, 0.29) is 0 Å². The van der Waals surface area contributed by atoms with Crippen molar-refractivity contribution in [2.45, 2.75) is 26.4 Å². The maximum Gasteiger partial charge on any atom is 0.109 e. The lowest BCUT2D eigenvalue weighted by Crippen LogP contribution is -2.26. The molecule has 1 aromatic rings. The molecular formula is C10H14BrNO. The van der Waals surface area contributed by atoms with Crippen LogP contribution in [0.2, 0.25) is 0 Å². The molecule has 0 aliphatic carbocycles. The van der Waals surface area contributed by atoms with Crippen LogP contribution in [0, 0.1) is 6.92 Å². The third-order valence-corrected chi connectivity index (χ3v) is 2.62. The van der Waals surface area contributed by atoms with Crippen molar-refractivity contribution in [3.05, 3.63) is 33.8 Å². The van der Waals surface area contributed by atoms with E-state index in [9.17, 15) is 0 Å². The molecule has 0 saturated heterocycles. The first-order valence-electron chi connectivity index (χ1n) is 4.12. The van der Waals surface area contributed by atoms with Crippen molar-refractivity contribution in [2.75, 3.05) is 0 Å². The Morgan fingerprint density at radius 3 is 2.46 bits per heavy atom. The Kier molecular flexibility index (Phi) is 3.11. The first-order chi connectivity index (χ1) is 5.97. The van der Waals surface area contributed by atoms with Crippen molar-refractivity contribution in [3.63, 3.8) is 0 Å². The molecule has 13 heavy (non-hydrogen) atoms. The van der Waals surface area contributed by atoms with Gasteiger partial charge in [0.15, 0.2) is 0 Å². The molecule has 0 radical (unpaired) electrons. The average molecular weight is 244 g/mol. The van der Waals surface area contributed by atoms with E-state index < -0.39 is 5.60 Å². The fourth-order valence-electron chi connectivity index (χ4n) is 1.37. The predicted octanol–water partition coefficient (Wildman–Crippen LogP) is 2.88. The fourth-order valence-corrected chi connectivity index (χ4v) is 1.84. The van der Waals surface area contributed by atoms with Gasteiger partial charge in [0.2, 0.25) is 0 Å². The Labute approximate surface area is 87.2 Å². The molecule has 0 aliphatic rings. The summed E-state index contributed by atoms with van der Waals surface area (Å²) in [6, 6.07) is 6.06. The van der Waals surface area contributed by atoms with E-state index >= 15 is 0 Å². The first kappa shape index (κ1) is 10.7. The Morgan fingerprint density at radius 2 is 2.00 bits per heavy atom.